The first-order valence-electron chi connectivity index (χ1n) is 8.60. The monoisotopic (exact) mass is 397 g/mol. The second-order valence-electron chi connectivity index (χ2n) is 6.22. The number of ether oxygens (including phenoxy) is 2. The van der Waals surface area contributed by atoms with Crippen LogP contribution in [0.25, 0.3) is 5.69 Å². The third-order valence-electron chi connectivity index (χ3n) is 4.53. The summed E-state index contributed by atoms with van der Waals surface area (Å²) in [6.07, 6.45) is 1.69. The van der Waals surface area contributed by atoms with Gasteiger partial charge in [-0.15, -0.1) is 11.8 Å². The summed E-state index contributed by atoms with van der Waals surface area (Å²) in [4.78, 5) is 16.6. The van der Waals surface area contributed by atoms with Crippen LogP contribution < -0.4 is 14.8 Å². The SMILES string of the molecule is COc1cccc(-n2cnc3c2[C@@H](c2ccc(O)c(OC)c2)SCC(=O)N3)c1. The van der Waals surface area contributed by atoms with Crippen molar-refractivity contribution in [2.75, 3.05) is 25.3 Å². The van der Waals surface area contributed by atoms with E-state index in [4.69, 9.17) is 9.47 Å². The molecule has 0 saturated carbocycles. The van der Waals surface area contributed by atoms with Gasteiger partial charge in [0.05, 0.1) is 36.6 Å². The number of methoxy groups -OCH3 is 2. The lowest BCUT2D eigenvalue weighted by atomic mass is 10.1. The Labute approximate surface area is 166 Å². The highest BCUT2D eigenvalue weighted by Crippen LogP contribution is 2.44. The third kappa shape index (κ3) is 3.27. The normalized spacial score (nSPS) is 16.1. The summed E-state index contributed by atoms with van der Waals surface area (Å²) in [5, 5.41) is 12.6. The maximum absolute atomic E-state index is 12.2. The van der Waals surface area contributed by atoms with Crippen LogP contribution in [-0.4, -0.2) is 40.5 Å². The molecule has 0 aliphatic carbocycles. The van der Waals surface area contributed by atoms with Crippen molar-refractivity contribution < 1.29 is 19.4 Å². The zero-order valence-corrected chi connectivity index (χ0v) is 16.2. The number of hydrogen-bond acceptors (Lipinski definition) is 6. The fourth-order valence-corrected chi connectivity index (χ4v) is 4.30. The van der Waals surface area contributed by atoms with E-state index in [1.165, 1.54) is 18.9 Å². The summed E-state index contributed by atoms with van der Waals surface area (Å²) in [5.41, 5.74) is 2.62. The molecule has 0 bridgehead atoms. The van der Waals surface area contributed by atoms with Crippen LogP contribution in [-0.2, 0) is 4.79 Å². The third-order valence-corrected chi connectivity index (χ3v) is 5.79. The number of fused-ring (bicyclic) bond motifs is 1. The summed E-state index contributed by atoms with van der Waals surface area (Å²) in [6, 6.07) is 12.9. The van der Waals surface area contributed by atoms with Crippen LogP contribution in [0.1, 0.15) is 16.5 Å². The highest BCUT2D eigenvalue weighted by molar-refractivity contribution is 8.00. The van der Waals surface area contributed by atoms with Crippen molar-refractivity contribution in [3.63, 3.8) is 0 Å². The Hall–Kier alpha value is -3.13. The molecule has 1 atom stereocenters. The molecule has 8 heteroatoms. The lowest BCUT2D eigenvalue weighted by Gasteiger charge is -2.19. The quantitative estimate of drug-likeness (QED) is 0.702. The Morgan fingerprint density at radius 3 is 2.86 bits per heavy atom. The smallest absolute Gasteiger partial charge is 0.235 e. The molecular weight excluding hydrogens is 378 g/mol. The minimum atomic E-state index is -0.183. The largest absolute Gasteiger partial charge is 0.504 e. The Balaban J connectivity index is 1.87. The number of rotatable bonds is 4. The van der Waals surface area contributed by atoms with Crippen LogP contribution in [0, 0.1) is 0 Å². The maximum Gasteiger partial charge on any atom is 0.235 e. The van der Waals surface area contributed by atoms with Crippen molar-refractivity contribution in [3.05, 3.63) is 60.0 Å². The van der Waals surface area contributed by atoms with Gasteiger partial charge >= 0.3 is 0 Å². The zero-order valence-electron chi connectivity index (χ0n) is 15.4. The van der Waals surface area contributed by atoms with Crippen LogP contribution in [0.5, 0.6) is 17.2 Å². The van der Waals surface area contributed by atoms with Gasteiger partial charge in [0.15, 0.2) is 17.3 Å². The predicted octanol–water partition coefficient (Wildman–Crippen LogP) is 3.37. The van der Waals surface area contributed by atoms with Crippen molar-refractivity contribution in [3.8, 4) is 22.9 Å². The second kappa shape index (κ2) is 7.47. The average Bonchev–Trinajstić information content (AvgIpc) is 3.04. The number of aromatic hydroxyl groups is 1. The number of imidazole rings is 1. The lowest BCUT2D eigenvalue weighted by molar-refractivity contribution is -0.113. The first kappa shape index (κ1) is 18.2. The molecule has 1 amide bonds. The summed E-state index contributed by atoms with van der Waals surface area (Å²) in [7, 11) is 3.13. The number of hydrogen-bond donors (Lipinski definition) is 2. The number of thioether (sulfide) groups is 1. The number of aromatic nitrogens is 2. The number of phenols is 1. The minimum Gasteiger partial charge on any atom is -0.504 e. The summed E-state index contributed by atoms with van der Waals surface area (Å²) in [6.45, 7) is 0. The highest BCUT2D eigenvalue weighted by atomic mass is 32.2. The fourth-order valence-electron chi connectivity index (χ4n) is 3.19. The molecule has 2 N–H and O–H groups in total. The molecular formula is C20H19N3O4S. The number of benzene rings is 2. The van der Waals surface area contributed by atoms with Crippen LogP contribution in [0.15, 0.2) is 48.8 Å². The van der Waals surface area contributed by atoms with E-state index in [0.717, 1.165) is 22.7 Å². The van der Waals surface area contributed by atoms with E-state index in [1.54, 1.807) is 25.6 Å². The molecule has 2 aromatic carbocycles. The van der Waals surface area contributed by atoms with E-state index in [-0.39, 0.29) is 16.9 Å². The molecule has 0 saturated heterocycles. The standard InChI is InChI=1S/C20H19N3O4S/c1-26-14-5-3-4-13(9-14)23-11-21-20-18(23)19(28-10-17(25)22-20)12-6-7-15(24)16(8-12)27-2/h3-9,11,19,24H,10H2,1-2H3,(H,22,25)/t19-/m1/s1. The number of nitrogens with one attached hydrogen (secondary N) is 1. The van der Waals surface area contributed by atoms with E-state index in [2.05, 4.69) is 10.3 Å². The minimum absolute atomic E-state index is 0.0700. The predicted molar refractivity (Wildman–Crippen MR) is 108 cm³/mol. The molecule has 7 nitrogen and oxygen atoms in total. The van der Waals surface area contributed by atoms with Crippen LogP contribution in [0.3, 0.4) is 0 Å². The Kier molecular flexibility index (Phi) is 4.87. The second-order valence-corrected chi connectivity index (χ2v) is 7.31. The fraction of sp³-hybridized carbons (Fsp3) is 0.200. The van der Waals surface area contributed by atoms with Crippen molar-refractivity contribution in [1.82, 2.24) is 9.55 Å². The Morgan fingerprint density at radius 2 is 2.07 bits per heavy atom. The van der Waals surface area contributed by atoms with Gasteiger partial charge < -0.3 is 19.9 Å². The first-order valence-corrected chi connectivity index (χ1v) is 9.65. The number of carbonyl (C=O) groups is 1. The van der Waals surface area contributed by atoms with Gasteiger partial charge in [0.25, 0.3) is 0 Å². The number of carbonyl (C=O) groups excluding carboxylic acids is 1. The van der Waals surface area contributed by atoms with Gasteiger partial charge in [-0.05, 0) is 29.8 Å². The lowest BCUT2D eigenvalue weighted by Crippen LogP contribution is -2.12. The Morgan fingerprint density at radius 1 is 1.21 bits per heavy atom. The van der Waals surface area contributed by atoms with Crippen molar-refractivity contribution in [2.45, 2.75) is 5.25 Å². The van der Waals surface area contributed by atoms with E-state index in [1.807, 2.05) is 34.9 Å². The molecule has 28 heavy (non-hydrogen) atoms. The van der Waals surface area contributed by atoms with Crippen LogP contribution in [0.4, 0.5) is 5.82 Å². The molecule has 1 aromatic heterocycles. The number of amides is 1. The zero-order chi connectivity index (χ0) is 19.7. The maximum atomic E-state index is 12.2. The van der Waals surface area contributed by atoms with Gasteiger partial charge in [-0.2, -0.15) is 0 Å². The van der Waals surface area contributed by atoms with Gasteiger partial charge in [0.1, 0.15) is 12.1 Å². The summed E-state index contributed by atoms with van der Waals surface area (Å²) >= 11 is 1.50. The van der Waals surface area contributed by atoms with Gasteiger partial charge in [-0.25, -0.2) is 4.98 Å². The van der Waals surface area contributed by atoms with Crippen molar-refractivity contribution in [1.29, 1.82) is 0 Å². The van der Waals surface area contributed by atoms with Crippen LogP contribution in [0.2, 0.25) is 0 Å². The van der Waals surface area contributed by atoms with E-state index in [9.17, 15) is 9.90 Å². The van der Waals surface area contributed by atoms with Gasteiger partial charge in [-0.3, -0.25) is 9.36 Å². The van der Waals surface area contributed by atoms with Gasteiger partial charge in [0.2, 0.25) is 5.91 Å². The molecule has 0 fully saturated rings. The molecule has 1 aliphatic heterocycles. The van der Waals surface area contributed by atoms with E-state index in [0.29, 0.717) is 17.3 Å². The highest BCUT2D eigenvalue weighted by Gasteiger charge is 2.29. The molecule has 2 heterocycles. The summed E-state index contributed by atoms with van der Waals surface area (Å²) < 4.78 is 12.5. The number of nitrogens with zero attached hydrogens (tertiary/aromatic N) is 2. The number of phenolic OH excluding ortho intramolecular Hbond substituents is 1. The van der Waals surface area contributed by atoms with Crippen molar-refractivity contribution in [2.24, 2.45) is 0 Å². The van der Waals surface area contributed by atoms with E-state index < -0.39 is 0 Å². The topological polar surface area (TPSA) is 85.6 Å². The molecule has 3 aromatic rings. The van der Waals surface area contributed by atoms with Gasteiger partial charge in [-0.1, -0.05) is 12.1 Å². The van der Waals surface area contributed by atoms with Gasteiger partial charge in [0, 0.05) is 6.07 Å². The summed E-state index contributed by atoms with van der Waals surface area (Å²) in [5.74, 6) is 1.90. The first-order chi connectivity index (χ1) is 13.6. The van der Waals surface area contributed by atoms with Crippen molar-refractivity contribution >= 4 is 23.5 Å². The molecule has 0 spiro atoms. The molecule has 0 unspecified atom stereocenters. The van der Waals surface area contributed by atoms with E-state index >= 15 is 0 Å². The molecule has 0 radical (unpaired) electrons. The Bertz CT molecular complexity index is 1030. The number of anilines is 1. The molecule has 144 valence electrons. The molecule has 4 rings (SSSR count). The average molecular weight is 397 g/mol. The van der Waals surface area contributed by atoms with Crippen LogP contribution >= 0.6 is 11.8 Å². The molecule has 1 aliphatic rings.